The summed E-state index contributed by atoms with van der Waals surface area (Å²) in [5.41, 5.74) is 0.694. The van der Waals surface area contributed by atoms with Crippen LogP contribution in [-0.2, 0) is 4.79 Å². The van der Waals surface area contributed by atoms with Crippen molar-refractivity contribution < 1.29 is 18.7 Å². The monoisotopic (exact) mass is 417 g/mol. The number of amides is 1. The van der Waals surface area contributed by atoms with E-state index in [9.17, 15) is 4.79 Å². The minimum absolute atomic E-state index is 0.142. The summed E-state index contributed by atoms with van der Waals surface area (Å²) in [5.74, 6) is 1.97. The summed E-state index contributed by atoms with van der Waals surface area (Å²) in [6.07, 6.45) is 1.65. The van der Waals surface area contributed by atoms with E-state index in [1.807, 2.05) is 13.8 Å². The highest BCUT2D eigenvalue weighted by Crippen LogP contribution is 2.33. The molecule has 0 saturated carbocycles. The van der Waals surface area contributed by atoms with Crippen LogP contribution in [0.25, 0.3) is 11.5 Å². The normalized spacial score (nSPS) is 12.1. The van der Waals surface area contributed by atoms with Crippen molar-refractivity contribution in [2.24, 2.45) is 0 Å². The van der Waals surface area contributed by atoms with Crippen molar-refractivity contribution in [1.29, 1.82) is 0 Å². The minimum atomic E-state index is -0.441. The van der Waals surface area contributed by atoms with E-state index in [-0.39, 0.29) is 11.9 Å². The van der Waals surface area contributed by atoms with Crippen molar-refractivity contribution in [2.45, 2.75) is 37.3 Å². The summed E-state index contributed by atoms with van der Waals surface area (Å²) < 4.78 is 18.0. The second-order valence-electron chi connectivity index (χ2n) is 6.45. The molecule has 3 aromatic rings. The Kier molecular flexibility index (Phi) is 6.42. The van der Waals surface area contributed by atoms with Crippen molar-refractivity contribution in [3.8, 4) is 23.0 Å². The Labute approximate surface area is 172 Å². The molecule has 0 bridgehead atoms. The lowest BCUT2D eigenvalue weighted by Gasteiger charge is -2.13. The van der Waals surface area contributed by atoms with Crippen LogP contribution in [0.2, 0.25) is 0 Å². The van der Waals surface area contributed by atoms with E-state index in [4.69, 9.17) is 13.9 Å². The predicted molar refractivity (Wildman–Crippen MR) is 109 cm³/mol. The maximum atomic E-state index is 12.5. The predicted octanol–water partition coefficient (Wildman–Crippen LogP) is 3.65. The van der Waals surface area contributed by atoms with Gasteiger partial charge in [0.15, 0.2) is 11.5 Å². The molecule has 0 fully saturated rings. The second kappa shape index (κ2) is 8.99. The molecule has 3 rings (SSSR count). The van der Waals surface area contributed by atoms with E-state index in [1.54, 1.807) is 56.3 Å². The van der Waals surface area contributed by atoms with Crippen LogP contribution in [0.15, 0.2) is 40.1 Å². The number of carbonyl (C=O) groups is 1. The fraction of sp³-hybridized carbons (Fsp3) is 0.368. The van der Waals surface area contributed by atoms with Crippen molar-refractivity contribution in [3.05, 3.63) is 30.5 Å². The largest absolute Gasteiger partial charge is 0.493 e. The average molecular weight is 417 g/mol. The Morgan fingerprint density at radius 1 is 1.14 bits per heavy atom. The number of hydrogen-bond acceptors (Lipinski definition) is 8. The molecule has 0 radical (unpaired) electrons. The fourth-order valence-corrected chi connectivity index (χ4v) is 3.28. The maximum absolute atomic E-state index is 12.5. The zero-order chi connectivity index (χ0) is 21.0. The number of thioether (sulfide) groups is 1. The van der Waals surface area contributed by atoms with Gasteiger partial charge >= 0.3 is 0 Å². The van der Waals surface area contributed by atoms with E-state index in [0.29, 0.717) is 34.0 Å². The Morgan fingerprint density at radius 2 is 1.90 bits per heavy atom. The van der Waals surface area contributed by atoms with E-state index in [1.165, 1.54) is 11.8 Å². The van der Waals surface area contributed by atoms with Gasteiger partial charge in [0.05, 0.1) is 25.7 Å². The number of aromatic nitrogens is 4. The van der Waals surface area contributed by atoms with Crippen LogP contribution in [0.5, 0.6) is 11.5 Å². The molecule has 0 aliphatic carbocycles. The fourth-order valence-electron chi connectivity index (χ4n) is 2.60. The number of carbonyl (C=O) groups excluding carboxylic acids is 1. The molecular formula is C19H23N5O4S. The second-order valence-corrected chi connectivity index (χ2v) is 7.74. The summed E-state index contributed by atoms with van der Waals surface area (Å²) in [4.78, 5) is 12.5. The lowest BCUT2D eigenvalue weighted by Crippen LogP contribution is -2.24. The summed E-state index contributed by atoms with van der Waals surface area (Å²) in [6, 6.07) is 7.22. The molecular weight excluding hydrogens is 394 g/mol. The van der Waals surface area contributed by atoms with Crippen LogP contribution >= 0.6 is 11.8 Å². The highest BCUT2D eigenvalue weighted by Gasteiger charge is 2.21. The lowest BCUT2D eigenvalue weighted by molar-refractivity contribution is -0.115. The molecule has 154 valence electrons. The van der Waals surface area contributed by atoms with Gasteiger partial charge in [-0.2, -0.15) is 5.10 Å². The molecule has 1 N–H and O–H groups in total. The van der Waals surface area contributed by atoms with Gasteiger partial charge in [0.1, 0.15) is 5.82 Å². The molecule has 2 heterocycles. The highest BCUT2D eigenvalue weighted by atomic mass is 32.2. The molecule has 1 atom stereocenters. The zero-order valence-corrected chi connectivity index (χ0v) is 17.7. The Morgan fingerprint density at radius 3 is 2.59 bits per heavy atom. The van der Waals surface area contributed by atoms with Crippen LogP contribution in [0.4, 0.5) is 5.82 Å². The van der Waals surface area contributed by atoms with Crippen molar-refractivity contribution in [1.82, 2.24) is 20.0 Å². The van der Waals surface area contributed by atoms with E-state index in [0.717, 1.165) is 0 Å². The van der Waals surface area contributed by atoms with Crippen LogP contribution in [0.1, 0.15) is 26.8 Å². The first-order valence-electron chi connectivity index (χ1n) is 8.99. The van der Waals surface area contributed by atoms with Gasteiger partial charge in [-0.25, -0.2) is 4.68 Å². The van der Waals surface area contributed by atoms with E-state index >= 15 is 0 Å². The molecule has 2 aromatic heterocycles. The van der Waals surface area contributed by atoms with E-state index in [2.05, 4.69) is 20.6 Å². The topological polar surface area (TPSA) is 104 Å². The minimum Gasteiger partial charge on any atom is -0.493 e. The van der Waals surface area contributed by atoms with Crippen molar-refractivity contribution in [3.63, 3.8) is 0 Å². The number of ether oxygens (including phenoxy) is 2. The number of rotatable bonds is 8. The molecule has 0 spiro atoms. The van der Waals surface area contributed by atoms with Gasteiger partial charge in [0.25, 0.3) is 5.22 Å². The summed E-state index contributed by atoms with van der Waals surface area (Å²) in [5, 5.41) is 15.0. The van der Waals surface area contributed by atoms with Crippen molar-refractivity contribution >= 4 is 23.5 Å². The Hall–Kier alpha value is -3.01. The third-order valence-electron chi connectivity index (χ3n) is 4.09. The molecule has 29 heavy (non-hydrogen) atoms. The van der Waals surface area contributed by atoms with Crippen molar-refractivity contribution in [2.75, 3.05) is 19.5 Å². The van der Waals surface area contributed by atoms with Gasteiger partial charge in [-0.1, -0.05) is 11.8 Å². The van der Waals surface area contributed by atoms with Gasteiger partial charge in [0.2, 0.25) is 11.8 Å². The third kappa shape index (κ3) is 4.70. The molecule has 1 amide bonds. The molecule has 1 aromatic carbocycles. The SMILES string of the molecule is COc1ccc(-c2nnc(S[C@@H](C)C(=O)Nc3ccnn3C(C)C)o2)cc1OC. The summed E-state index contributed by atoms with van der Waals surface area (Å²) in [6.45, 7) is 5.76. The molecule has 0 aliphatic rings. The first-order chi connectivity index (χ1) is 13.9. The van der Waals surface area contributed by atoms with Crippen LogP contribution in [0, 0.1) is 0 Å². The molecule has 9 nitrogen and oxygen atoms in total. The lowest BCUT2D eigenvalue weighted by atomic mass is 10.2. The zero-order valence-electron chi connectivity index (χ0n) is 16.9. The first kappa shape index (κ1) is 20.7. The van der Waals surface area contributed by atoms with Crippen LogP contribution in [-0.4, -0.2) is 45.4 Å². The van der Waals surface area contributed by atoms with Crippen LogP contribution in [0.3, 0.4) is 0 Å². The number of anilines is 1. The molecule has 0 saturated heterocycles. The van der Waals surface area contributed by atoms with Gasteiger partial charge < -0.3 is 19.2 Å². The quantitative estimate of drug-likeness (QED) is 0.554. The Balaban J connectivity index is 1.68. The standard InChI is InChI=1S/C19H23N5O4S/c1-11(2)24-16(8-9-20-24)21-17(25)12(3)29-19-23-22-18(28-19)13-6-7-14(26-4)15(10-13)27-5/h6-12H,1-5H3,(H,21,25)/t12-/m0/s1. The summed E-state index contributed by atoms with van der Waals surface area (Å²) >= 11 is 1.18. The first-order valence-corrected chi connectivity index (χ1v) is 9.87. The van der Waals surface area contributed by atoms with Gasteiger partial charge in [-0.05, 0) is 39.0 Å². The maximum Gasteiger partial charge on any atom is 0.277 e. The highest BCUT2D eigenvalue weighted by molar-refractivity contribution is 8.00. The van der Waals surface area contributed by atoms with Gasteiger partial charge in [-0.15, -0.1) is 10.2 Å². The number of benzene rings is 1. The number of nitrogens with one attached hydrogen (secondary N) is 1. The third-order valence-corrected chi connectivity index (χ3v) is 5.03. The van der Waals surface area contributed by atoms with Gasteiger partial charge in [-0.3, -0.25) is 4.79 Å². The number of hydrogen-bond donors (Lipinski definition) is 1. The molecule has 0 unspecified atom stereocenters. The van der Waals surface area contributed by atoms with Gasteiger partial charge in [0, 0.05) is 17.7 Å². The molecule has 0 aliphatic heterocycles. The van der Waals surface area contributed by atoms with E-state index < -0.39 is 5.25 Å². The smallest absolute Gasteiger partial charge is 0.277 e. The average Bonchev–Trinajstić information content (AvgIpc) is 3.37. The van der Waals surface area contributed by atoms with Crippen LogP contribution < -0.4 is 14.8 Å². The molecule has 10 heteroatoms. The Bertz CT molecular complexity index is 985. The number of nitrogens with zero attached hydrogens (tertiary/aromatic N) is 4. The summed E-state index contributed by atoms with van der Waals surface area (Å²) in [7, 11) is 3.13. The number of methoxy groups -OCH3 is 2.